The first-order valence-corrected chi connectivity index (χ1v) is 10.1. The third kappa shape index (κ3) is 4.44. The third-order valence-corrected chi connectivity index (χ3v) is 5.12. The van der Waals surface area contributed by atoms with Crippen LogP contribution in [0.3, 0.4) is 0 Å². The molecule has 8 heteroatoms. The maximum Gasteiger partial charge on any atom is 0.266 e. The van der Waals surface area contributed by atoms with Gasteiger partial charge in [0.2, 0.25) is 0 Å². The monoisotopic (exact) mass is 415 g/mol. The number of hydrogen-bond donors (Lipinski definition) is 1. The van der Waals surface area contributed by atoms with E-state index in [0.29, 0.717) is 21.7 Å². The summed E-state index contributed by atoms with van der Waals surface area (Å²) in [5.74, 6) is -0.246. The van der Waals surface area contributed by atoms with Crippen LogP contribution >= 0.6 is 11.8 Å². The summed E-state index contributed by atoms with van der Waals surface area (Å²) < 4.78 is 1.53. The summed E-state index contributed by atoms with van der Waals surface area (Å²) >= 11 is 1.18. The largest absolute Gasteiger partial charge is 0.272 e. The molecule has 30 heavy (non-hydrogen) atoms. The molecule has 2 heterocycles. The molecule has 0 aliphatic carbocycles. The Morgan fingerprint density at radius 1 is 1.07 bits per heavy atom. The fourth-order valence-corrected chi connectivity index (χ4v) is 3.61. The van der Waals surface area contributed by atoms with Crippen molar-refractivity contribution in [1.82, 2.24) is 20.0 Å². The van der Waals surface area contributed by atoms with Gasteiger partial charge in [0.05, 0.1) is 28.6 Å². The number of aromatic nitrogens is 3. The van der Waals surface area contributed by atoms with E-state index in [2.05, 4.69) is 20.5 Å². The minimum atomic E-state index is -0.304. The van der Waals surface area contributed by atoms with Crippen molar-refractivity contribution in [2.24, 2.45) is 5.10 Å². The summed E-state index contributed by atoms with van der Waals surface area (Å²) in [5, 5.41) is 4.90. The number of fused-ring (bicyclic) bond motifs is 1. The molecular weight excluding hydrogens is 398 g/mol. The van der Waals surface area contributed by atoms with E-state index in [9.17, 15) is 9.59 Å². The van der Waals surface area contributed by atoms with Crippen molar-refractivity contribution in [2.75, 3.05) is 5.75 Å². The van der Waals surface area contributed by atoms with E-state index in [1.54, 1.807) is 36.7 Å². The fraction of sp³-hybridized carbons (Fsp3) is 0.0455. The normalized spacial score (nSPS) is 11.1. The van der Waals surface area contributed by atoms with Crippen LogP contribution in [0, 0.1) is 0 Å². The van der Waals surface area contributed by atoms with Crippen molar-refractivity contribution < 1.29 is 4.79 Å². The van der Waals surface area contributed by atoms with Crippen LogP contribution in [0.15, 0.2) is 94.2 Å². The molecule has 2 aromatic carbocycles. The number of hydrazone groups is 1. The number of nitrogens with zero attached hydrogens (tertiary/aromatic N) is 4. The van der Waals surface area contributed by atoms with Gasteiger partial charge < -0.3 is 0 Å². The van der Waals surface area contributed by atoms with Gasteiger partial charge in [-0.2, -0.15) is 5.10 Å². The summed E-state index contributed by atoms with van der Waals surface area (Å²) in [6.07, 6.45) is 4.82. The number of pyridine rings is 1. The second kappa shape index (κ2) is 9.15. The molecule has 0 fully saturated rings. The standard InChI is InChI=1S/C22H17N5O2S/c28-20(26-24-14-16-7-6-12-23-13-16)15-30-22-25-19-11-5-4-10-18(19)21(29)27(22)17-8-2-1-3-9-17/h1-14H,15H2,(H,26,28)/b24-14+. The highest BCUT2D eigenvalue weighted by atomic mass is 32.2. The Hall–Kier alpha value is -3.78. The minimum absolute atomic E-state index is 0.0575. The Balaban J connectivity index is 1.57. The van der Waals surface area contributed by atoms with E-state index < -0.39 is 0 Å². The van der Waals surface area contributed by atoms with E-state index in [0.717, 1.165) is 5.56 Å². The van der Waals surface area contributed by atoms with E-state index in [1.807, 2.05) is 42.5 Å². The van der Waals surface area contributed by atoms with Crippen molar-refractivity contribution in [3.8, 4) is 5.69 Å². The number of para-hydroxylation sites is 2. The van der Waals surface area contributed by atoms with Gasteiger partial charge in [-0.3, -0.25) is 19.1 Å². The van der Waals surface area contributed by atoms with Gasteiger partial charge in [-0.15, -0.1) is 0 Å². The molecule has 0 saturated carbocycles. The molecule has 0 unspecified atom stereocenters. The molecule has 1 N–H and O–H groups in total. The van der Waals surface area contributed by atoms with Gasteiger partial charge in [0.15, 0.2) is 5.16 Å². The van der Waals surface area contributed by atoms with Crippen LogP contribution in [0.5, 0.6) is 0 Å². The predicted octanol–water partition coefficient (Wildman–Crippen LogP) is 3.02. The van der Waals surface area contributed by atoms with Gasteiger partial charge in [-0.25, -0.2) is 10.4 Å². The van der Waals surface area contributed by atoms with E-state index in [1.165, 1.54) is 22.5 Å². The van der Waals surface area contributed by atoms with Gasteiger partial charge in [0, 0.05) is 18.0 Å². The molecular formula is C22H17N5O2S. The third-order valence-electron chi connectivity index (χ3n) is 4.18. The number of carbonyl (C=O) groups is 1. The van der Waals surface area contributed by atoms with E-state index >= 15 is 0 Å². The lowest BCUT2D eigenvalue weighted by molar-refractivity contribution is -0.118. The molecule has 4 rings (SSSR count). The molecule has 2 aromatic heterocycles. The average Bonchev–Trinajstić information content (AvgIpc) is 2.79. The lowest BCUT2D eigenvalue weighted by atomic mass is 10.2. The van der Waals surface area contributed by atoms with Crippen LogP contribution in [0.25, 0.3) is 16.6 Å². The van der Waals surface area contributed by atoms with E-state index in [4.69, 9.17) is 0 Å². The number of thioether (sulfide) groups is 1. The van der Waals surface area contributed by atoms with Crippen molar-refractivity contribution >= 4 is 34.8 Å². The van der Waals surface area contributed by atoms with Crippen molar-refractivity contribution in [1.29, 1.82) is 0 Å². The molecule has 0 bridgehead atoms. The molecule has 148 valence electrons. The molecule has 4 aromatic rings. The molecule has 1 amide bonds. The minimum Gasteiger partial charge on any atom is -0.272 e. The number of hydrogen-bond acceptors (Lipinski definition) is 6. The zero-order chi connectivity index (χ0) is 20.8. The van der Waals surface area contributed by atoms with E-state index in [-0.39, 0.29) is 17.2 Å². The van der Waals surface area contributed by atoms with Crippen LogP contribution in [0.2, 0.25) is 0 Å². The van der Waals surface area contributed by atoms with Crippen LogP contribution in [0.4, 0.5) is 0 Å². The van der Waals surface area contributed by atoms with Crippen LogP contribution < -0.4 is 11.0 Å². The Kier molecular flexibility index (Phi) is 5.95. The van der Waals surface area contributed by atoms with Crippen LogP contribution in [-0.2, 0) is 4.79 Å². The van der Waals surface area contributed by atoms with Gasteiger partial charge >= 0.3 is 0 Å². The highest BCUT2D eigenvalue weighted by molar-refractivity contribution is 7.99. The first-order chi connectivity index (χ1) is 14.7. The van der Waals surface area contributed by atoms with Crippen molar-refractivity contribution in [2.45, 2.75) is 5.16 Å². The zero-order valence-electron chi connectivity index (χ0n) is 15.8. The SMILES string of the molecule is O=C(CSc1nc2ccccc2c(=O)n1-c1ccccc1)N/N=C/c1cccnc1. The zero-order valence-corrected chi connectivity index (χ0v) is 16.6. The second-order valence-electron chi connectivity index (χ2n) is 6.26. The fourth-order valence-electron chi connectivity index (χ4n) is 2.81. The van der Waals surface area contributed by atoms with Crippen molar-refractivity contribution in [3.05, 3.63) is 95.0 Å². The Bertz CT molecular complexity index is 1260. The molecule has 0 atom stereocenters. The smallest absolute Gasteiger partial charge is 0.266 e. The Morgan fingerprint density at radius 3 is 2.67 bits per heavy atom. The molecule has 0 radical (unpaired) electrons. The number of rotatable bonds is 6. The number of carbonyl (C=O) groups excluding carboxylic acids is 1. The van der Waals surface area contributed by atoms with Gasteiger partial charge in [-0.1, -0.05) is 48.2 Å². The number of amides is 1. The summed E-state index contributed by atoms with van der Waals surface area (Å²) in [6.45, 7) is 0. The van der Waals surface area contributed by atoms with Gasteiger partial charge in [0.25, 0.3) is 11.5 Å². The van der Waals surface area contributed by atoms with Crippen LogP contribution in [-0.4, -0.2) is 32.4 Å². The number of nitrogens with one attached hydrogen (secondary N) is 1. The highest BCUT2D eigenvalue weighted by Crippen LogP contribution is 2.21. The summed E-state index contributed by atoms with van der Waals surface area (Å²) in [6, 6.07) is 20.0. The molecule has 0 spiro atoms. The average molecular weight is 415 g/mol. The second-order valence-corrected chi connectivity index (χ2v) is 7.20. The first-order valence-electron chi connectivity index (χ1n) is 9.14. The summed E-state index contributed by atoms with van der Waals surface area (Å²) in [5.41, 5.74) is 4.36. The van der Waals surface area contributed by atoms with Gasteiger partial charge in [-0.05, 0) is 30.3 Å². The number of benzene rings is 2. The highest BCUT2D eigenvalue weighted by Gasteiger charge is 2.14. The van der Waals surface area contributed by atoms with Gasteiger partial charge in [0.1, 0.15) is 0 Å². The Labute approximate surface area is 176 Å². The maximum atomic E-state index is 13.1. The molecule has 0 saturated heterocycles. The quantitative estimate of drug-likeness (QED) is 0.226. The lowest BCUT2D eigenvalue weighted by Crippen LogP contribution is -2.24. The molecule has 7 nitrogen and oxygen atoms in total. The first kappa shape index (κ1) is 19.5. The van der Waals surface area contributed by atoms with Crippen LogP contribution in [0.1, 0.15) is 5.56 Å². The van der Waals surface area contributed by atoms with Crippen molar-refractivity contribution in [3.63, 3.8) is 0 Å². The maximum absolute atomic E-state index is 13.1. The predicted molar refractivity (Wildman–Crippen MR) is 118 cm³/mol. The topological polar surface area (TPSA) is 89.2 Å². The lowest BCUT2D eigenvalue weighted by Gasteiger charge is -2.12. The Morgan fingerprint density at radius 2 is 1.87 bits per heavy atom. The summed E-state index contributed by atoms with van der Waals surface area (Å²) in [7, 11) is 0. The molecule has 0 aliphatic rings. The summed E-state index contributed by atoms with van der Waals surface area (Å²) in [4.78, 5) is 33.9. The molecule has 0 aliphatic heterocycles.